The standard InChI is InChI=1S/C33H60N12O11/c1-16(47)41-19(7-4-10-39-23(50)12-18(36)6-3-9-38-22(49)11-17(35)5-2-8-34)13-24(51)42-27-28(52)29(56-32(37)54)21(15-46)55-31(27)45-33-43-25-20(48)14-40-30(53)26(25)44-33/h17-21,25-29,31,46,48,52H,2-15,34-36H2,1H3,(H2,37,54)(H,38,49)(H,39,50)(H,40,53)(H,41,47)(H,42,51)(H2,43,44,45)/t17-,18-,19-,20-,21-,25-,26-,27-,28+,29+,31-/m1/s1. The van der Waals surface area contributed by atoms with E-state index in [0.717, 1.165) is 6.42 Å². The molecule has 0 unspecified atom stereocenters. The van der Waals surface area contributed by atoms with Crippen molar-refractivity contribution >= 4 is 41.6 Å². The number of aliphatic hydroxyl groups excluding tert-OH is 3. The first-order valence-electron chi connectivity index (χ1n) is 18.9. The number of nitrogens with zero attached hydrogens (tertiary/aromatic N) is 1. The Morgan fingerprint density at radius 1 is 0.964 bits per heavy atom. The number of aliphatic hydroxyl groups is 3. The van der Waals surface area contributed by atoms with Crippen molar-refractivity contribution in [3.05, 3.63) is 0 Å². The Morgan fingerprint density at radius 2 is 1.59 bits per heavy atom. The number of guanidine groups is 1. The lowest BCUT2D eigenvalue weighted by atomic mass is 9.95. The summed E-state index contributed by atoms with van der Waals surface area (Å²) >= 11 is 0. The molecule has 0 aromatic rings. The van der Waals surface area contributed by atoms with E-state index in [-0.39, 0.29) is 62.6 Å². The molecular weight excluding hydrogens is 740 g/mol. The van der Waals surface area contributed by atoms with Crippen LogP contribution in [0.1, 0.15) is 64.7 Å². The topological polar surface area (TPSA) is 382 Å². The minimum absolute atomic E-state index is 0.00122. The van der Waals surface area contributed by atoms with Crippen LogP contribution in [0, 0.1) is 0 Å². The quantitative estimate of drug-likeness (QED) is 0.0453. The SMILES string of the molecule is CC(=O)N[C@H](CCCNC(=O)C[C@H](N)CCCNC(=O)C[C@H](N)CCCN)CC(=O)N[C@@H]1[C@H](O)[C@@H](OC(N)=O)[C@@H](CO)O[C@H]1NC1=N[C@H]2C(=O)NC[C@@H](O)[C@H]2N1. The highest BCUT2D eigenvalue weighted by molar-refractivity contribution is 5.92. The van der Waals surface area contributed by atoms with Gasteiger partial charge >= 0.3 is 6.09 Å². The molecule has 0 radical (unpaired) electrons. The molecule has 23 nitrogen and oxygen atoms in total. The van der Waals surface area contributed by atoms with E-state index >= 15 is 0 Å². The number of nitrogens with two attached hydrogens (primary N) is 4. The third-order valence-electron chi connectivity index (χ3n) is 9.48. The lowest BCUT2D eigenvalue weighted by Gasteiger charge is -2.44. The number of amides is 6. The van der Waals surface area contributed by atoms with E-state index in [1.165, 1.54) is 6.92 Å². The molecule has 3 rings (SSSR count). The minimum atomic E-state index is -1.68. The molecule has 2 fully saturated rings. The third-order valence-corrected chi connectivity index (χ3v) is 9.48. The minimum Gasteiger partial charge on any atom is -0.441 e. The number of hydrogen-bond donors (Lipinski definition) is 14. The fraction of sp³-hybridized carbons (Fsp3) is 0.788. The van der Waals surface area contributed by atoms with Crippen molar-refractivity contribution in [2.45, 2.75) is 132 Å². The van der Waals surface area contributed by atoms with Crippen molar-refractivity contribution < 1.29 is 53.6 Å². The lowest BCUT2D eigenvalue weighted by Crippen LogP contribution is -2.70. The first-order valence-corrected chi connectivity index (χ1v) is 18.9. The molecule has 56 heavy (non-hydrogen) atoms. The van der Waals surface area contributed by atoms with Crippen LogP contribution in [0.25, 0.3) is 0 Å². The average Bonchev–Trinajstić information content (AvgIpc) is 3.56. The second-order valence-electron chi connectivity index (χ2n) is 14.3. The summed E-state index contributed by atoms with van der Waals surface area (Å²) in [6.07, 6.45) is -4.88. The zero-order valence-corrected chi connectivity index (χ0v) is 31.6. The van der Waals surface area contributed by atoms with E-state index in [1.54, 1.807) is 0 Å². The molecule has 3 heterocycles. The number of aliphatic imine (C=N–C) groups is 1. The number of carbonyl (C=O) groups excluding carboxylic acids is 6. The Balaban J connectivity index is 1.51. The highest BCUT2D eigenvalue weighted by atomic mass is 16.6. The van der Waals surface area contributed by atoms with Crippen LogP contribution in [0.2, 0.25) is 0 Å². The molecule has 0 aromatic carbocycles. The fourth-order valence-corrected chi connectivity index (χ4v) is 6.69. The maximum atomic E-state index is 13.4. The van der Waals surface area contributed by atoms with E-state index in [9.17, 15) is 44.1 Å². The molecule has 11 atom stereocenters. The summed E-state index contributed by atoms with van der Waals surface area (Å²) in [6, 6.07) is -4.47. The highest BCUT2D eigenvalue weighted by Crippen LogP contribution is 2.24. The monoisotopic (exact) mass is 800 g/mol. The molecule has 3 aliphatic rings. The molecule has 0 aromatic heterocycles. The molecular formula is C33H60N12O11. The van der Waals surface area contributed by atoms with Crippen molar-refractivity contribution in [3.63, 3.8) is 0 Å². The smallest absolute Gasteiger partial charge is 0.404 e. The summed E-state index contributed by atoms with van der Waals surface area (Å²) in [5, 5.41) is 50.7. The molecule has 0 bridgehead atoms. The Hall–Kier alpha value is -4.39. The zero-order chi connectivity index (χ0) is 41.4. The van der Waals surface area contributed by atoms with E-state index in [4.69, 9.17) is 32.4 Å². The average molecular weight is 801 g/mol. The van der Waals surface area contributed by atoms with Crippen LogP contribution in [0.4, 0.5) is 4.79 Å². The van der Waals surface area contributed by atoms with Gasteiger partial charge < -0.3 is 84.9 Å². The van der Waals surface area contributed by atoms with Gasteiger partial charge in [0.05, 0.1) is 18.8 Å². The predicted molar refractivity (Wildman–Crippen MR) is 199 cm³/mol. The number of ether oxygens (including phenoxy) is 2. The summed E-state index contributed by atoms with van der Waals surface area (Å²) in [7, 11) is 0. The molecule has 23 heteroatoms. The van der Waals surface area contributed by atoms with Gasteiger partial charge in [-0.2, -0.15) is 0 Å². The van der Waals surface area contributed by atoms with Crippen LogP contribution in [-0.2, 0) is 33.4 Å². The van der Waals surface area contributed by atoms with Crippen molar-refractivity contribution in [2.24, 2.45) is 27.9 Å². The maximum absolute atomic E-state index is 13.4. The largest absolute Gasteiger partial charge is 0.441 e. The van der Waals surface area contributed by atoms with Crippen LogP contribution in [0.5, 0.6) is 0 Å². The van der Waals surface area contributed by atoms with Crippen molar-refractivity contribution in [3.8, 4) is 0 Å². The van der Waals surface area contributed by atoms with Crippen LogP contribution >= 0.6 is 0 Å². The van der Waals surface area contributed by atoms with Crippen molar-refractivity contribution in [1.29, 1.82) is 0 Å². The third kappa shape index (κ3) is 14.9. The Kier molecular flexibility index (Phi) is 18.9. The molecule has 0 spiro atoms. The molecule has 0 aliphatic carbocycles. The van der Waals surface area contributed by atoms with Crippen LogP contribution < -0.4 is 60.2 Å². The molecule has 3 aliphatic heterocycles. The van der Waals surface area contributed by atoms with E-state index in [1.807, 2.05) is 0 Å². The Morgan fingerprint density at radius 3 is 2.16 bits per heavy atom. The van der Waals surface area contributed by atoms with Gasteiger partial charge in [0.1, 0.15) is 18.2 Å². The normalized spacial score (nSPS) is 27.2. The van der Waals surface area contributed by atoms with Crippen molar-refractivity contribution in [1.82, 2.24) is 37.2 Å². The number of fused-ring (bicyclic) bond motifs is 1. The zero-order valence-electron chi connectivity index (χ0n) is 31.6. The van der Waals surface area contributed by atoms with Crippen LogP contribution in [0.15, 0.2) is 4.99 Å². The van der Waals surface area contributed by atoms with Crippen LogP contribution in [0.3, 0.4) is 0 Å². The fourth-order valence-electron chi connectivity index (χ4n) is 6.69. The highest BCUT2D eigenvalue weighted by Gasteiger charge is 2.49. The van der Waals surface area contributed by atoms with E-state index in [0.29, 0.717) is 38.8 Å². The number of rotatable bonds is 22. The summed E-state index contributed by atoms with van der Waals surface area (Å²) in [5.74, 6) is -1.94. The Bertz CT molecular complexity index is 1380. The predicted octanol–water partition coefficient (Wildman–Crippen LogP) is -6.35. The number of piperidine rings is 1. The van der Waals surface area contributed by atoms with Gasteiger partial charge in [-0.05, 0) is 45.1 Å². The summed E-state index contributed by atoms with van der Waals surface area (Å²) in [4.78, 5) is 78.1. The van der Waals surface area contributed by atoms with Gasteiger partial charge in [0, 0.05) is 63.9 Å². The summed E-state index contributed by atoms with van der Waals surface area (Å²) in [5.41, 5.74) is 22.7. The van der Waals surface area contributed by atoms with Gasteiger partial charge in [0.2, 0.25) is 29.5 Å². The summed E-state index contributed by atoms with van der Waals surface area (Å²) in [6.45, 7) is 1.70. The Labute approximate surface area is 324 Å². The molecule has 2 saturated heterocycles. The number of primary amides is 1. The van der Waals surface area contributed by atoms with Gasteiger partial charge in [0.25, 0.3) is 0 Å². The number of hydrogen-bond acceptors (Lipinski definition) is 17. The number of β-amino-alcohol motifs (C(OH)–C–C–N with tert-alkyl or cyclic N) is 1. The second kappa shape index (κ2) is 23.0. The molecule has 318 valence electrons. The van der Waals surface area contributed by atoms with Gasteiger partial charge in [0.15, 0.2) is 24.3 Å². The van der Waals surface area contributed by atoms with Crippen molar-refractivity contribution in [2.75, 3.05) is 32.8 Å². The maximum Gasteiger partial charge on any atom is 0.404 e. The number of nitrogens with one attached hydrogen (secondary N) is 7. The van der Waals surface area contributed by atoms with Gasteiger partial charge in [-0.1, -0.05) is 0 Å². The summed E-state index contributed by atoms with van der Waals surface area (Å²) < 4.78 is 10.9. The first-order chi connectivity index (χ1) is 26.6. The molecule has 6 amide bonds. The lowest BCUT2D eigenvalue weighted by molar-refractivity contribution is -0.198. The van der Waals surface area contributed by atoms with E-state index < -0.39 is 91.3 Å². The van der Waals surface area contributed by atoms with Gasteiger partial charge in [-0.15, -0.1) is 0 Å². The molecule has 0 saturated carbocycles. The first kappa shape index (κ1) is 46.0. The van der Waals surface area contributed by atoms with Gasteiger partial charge in [-0.3, -0.25) is 24.0 Å². The van der Waals surface area contributed by atoms with E-state index in [2.05, 4.69) is 42.2 Å². The van der Waals surface area contributed by atoms with Gasteiger partial charge in [-0.25, -0.2) is 9.79 Å². The second-order valence-corrected chi connectivity index (χ2v) is 14.3. The van der Waals surface area contributed by atoms with Crippen LogP contribution in [-0.4, -0.2) is 157 Å². The number of carbonyl (C=O) groups is 6. The molecule has 18 N–H and O–H groups in total.